The van der Waals surface area contributed by atoms with Gasteiger partial charge in [-0.3, -0.25) is 0 Å². The van der Waals surface area contributed by atoms with Crippen molar-refractivity contribution < 1.29 is 36.6 Å². The second-order valence-electron chi connectivity index (χ2n) is 4.32. The molecule has 0 spiro atoms. The Morgan fingerprint density at radius 1 is 1.28 bits per heavy atom. The van der Waals surface area contributed by atoms with E-state index in [0.29, 0.717) is 0 Å². The zero-order chi connectivity index (χ0) is 14.8. The van der Waals surface area contributed by atoms with Gasteiger partial charge in [-0.15, -0.1) is 0 Å². The van der Waals surface area contributed by atoms with Crippen LogP contribution in [-0.4, -0.2) is 35.0 Å². The topological polar surface area (TPSA) is 72.6 Å². The van der Waals surface area contributed by atoms with Gasteiger partial charge in [0.2, 0.25) is 0 Å². The number of aliphatic hydroxyl groups is 1. The van der Waals surface area contributed by atoms with Crippen LogP contribution >= 0.6 is 0 Å². The van der Waals surface area contributed by atoms with Crippen molar-refractivity contribution in [1.82, 2.24) is 0 Å². The summed E-state index contributed by atoms with van der Waals surface area (Å²) in [5, 5.41) is 9.47. The third-order valence-electron chi connectivity index (χ3n) is 2.18. The number of amides is 1. The molecule has 0 aliphatic carbocycles. The second kappa shape index (κ2) is 5.25. The molecular weight excluding hydrogens is 265 g/mol. The minimum Gasteiger partial charge on any atom is -0.443 e. The predicted octanol–water partition coefficient (Wildman–Crippen LogP) is 2.20. The quantitative estimate of drug-likeness (QED) is 0.758. The fourth-order valence-corrected chi connectivity index (χ4v) is 1.15. The normalized spacial score (nSPS) is 15.3. The Bertz CT molecular complexity index is 298. The SMILES string of the molecule is CC(C)(O)C(CCC(F)(F)C(F)(F)F)OC(N)=O. The van der Waals surface area contributed by atoms with E-state index >= 15 is 0 Å². The van der Waals surface area contributed by atoms with Gasteiger partial charge in [0, 0.05) is 6.42 Å². The molecule has 0 fully saturated rings. The van der Waals surface area contributed by atoms with E-state index in [0.717, 1.165) is 13.8 Å². The van der Waals surface area contributed by atoms with Crippen molar-refractivity contribution >= 4 is 6.09 Å². The third-order valence-corrected chi connectivity index (χ3v) is 2.18. The maximum Gasteiger partial charge on any atom is 0.453 e. The lowest BCUT2D eigenvalue weighted by molar-refractivity contribution is -0.286. The maximum absolute atomic E-state index is 12.6. The Balaban J connectivity index is 4.68. The number of halogens is 5. The standard InChI is InChI=1S/C9H14F5NO3/c1-7(2,17)5(18-6(15)16)3-4-8(10,11)9(12,13)14/h5,17H,3-4H2,1-2H3,(H2,15,16). The first kappa shape index (κ1) is 16.9. The van der Waals surface area contributed by atoms with E-state index < -0.39 is 42.7 Å². The van der Waals surface area contributed by atoms with Crippen LogP contribution in [0.3, 0.4) is 0 Å². The Morgan fingerprint density at radius 2 is 1.72 bits per heavy atom. The van der Waals surface area contributed by atoms with Crippen LogP contribution in [0.25, 0.3) is 0 Å². The van der Waals surface area contributed by atoms with Crippen molar-refractivity contribution in [3.8, 4) is 0 Å². The van der Waals surface area contributed by atoms with Crippen molar-refractivity contribution in [2.45, 2.75) is 50.5 Å². The van der Waals surface area contributed by atoms with Gasteiger partial charge in [0.25, 0.3) is 0 Å². The third kappa shape index (κ3) is 5.03. The Kier molecular flexibility index (Phi) is 4.92. The summed E-state index contributed by atoms with van der Waals surface area (Å²) < 4.78 is 65.3. The highest BCUT2D eigenvalue weighted by molar-refractivity contribution is 5.64. The summed E-state index contributed by atoms with van der Waals surface area (Å²) in [6, 6.07) is 0. The number of hydrogen-bond donors (Lipinski definition) is 2. The molecule has 0 rings (SSSR count). The number of ether oxygens (including phenoxy) is 1. The van der Waals surface area contributed by atoms with E-state index in [1.807, 2.05) is 0 Å². The molecule has 1 amide bonds. The number of hydrogen-bond acceptors (Lipinski definition) is 3. The Morgan fingerprint density at radius 3 is 2.00 bits per heavy atom. The minimum absolute atomic E-state index is 0.876. The van der Waals surface area contributed by atoms with Crippen LogP contribution in [-0.2, 0) is 4.74 Å². The lowest BCUT2D eigenvalue weighted by atomic mass is 9.95. The van der Waals surface area contributed by atoms with Crippen molar-refractivity contribution in [3.63, 3.8) is 0 Å². The predicted molar refractivity (Wildman–Crippen MR) is 51.0 cm³/mol. The van der Waals surface area contributed by atoms with E-state index in [2.05, 4.69) is 10.5 Å². The van der Waals surface area contributed by atoms with Crippen LogP contribution in [0.15, 0.2) is 0 Å². The second-order valence-corrected chi connectivity index (χ2v) is 4.32. The molecule has 9 heteroatoms. The van der Waals surface area contributed by atoms with Crippen LogP contribution in [0, 0.1) is 0 Å². The van der Waals surface area contributed by atoms with E-state index in [1.165, 1.54) is 0 Å². The van der Waals surface area contributed by atoms with E-state index in [4.69, 9.17) is 0 Å². The van der Waals surface area contributed by atoms with Crippen molar-refractivity contribution in [1.29, 1.82) is 0 Å². The molecule has 0 aromatic rings. The number of carbonyl (C=O) groups excluding carboxylic acids is 1. The Labute approximate surface area is 99.9 Å². The van der Waals surface area contributed by atoms with Crippen LogP contribution in [0.2, 0.25) is 0 Å². The molecule has 0 saturated carbocycles. The Hall–Kier alpha value is -1.12. The van der Waals surface area contributed by atoms with Crippen LogP contribution in [0.5, 0.6) is 0 Å². The molecule has 1 atom stereocenters. The molecule has 0 aromatic carbocycles. The van der Waals surface area contributed by atoms with Crippen molar-refractivity contribution in [2.75, 3.05) is 0 Å². The monoisotopic (exact) mass is 279 g/mol. The van der Waals surface area contributed by atoms with Gasteiger partial charge in [-0.1, -0.05) is 0 Å². The van der Waals surface area contributed by atoms with Gasteiger partial charge in [-0.05, 0) is 20.3 Å². The van der Waals surface area contributed by atoms with E-state index in [1.54, 1.807) is 0 Å². The van der Waals surface area contributed by atoms with Crippen molar-refractivity contribution in [2.24, 2.45) is 5.73 Å². The molecule has 0 aromatic heterocycles. The summed E-state index contributed by atoms with van der Waals surface area (Å²) in [5.74, 6) is -4.92. The molecular formula is C9H14F5NO3. The molecule has 0 heterocycles. The maximum atomic E-state index is 12.6. The van der Waals surface area contributed by atoms with Gasteiger partial charge in [-0.2, -0.15) is 22.0 Å². The average molecular weight is 279 g/mol. The van der Waals surface area contributed by atoms with Gasteiger partial charge >= 0.3 is 18.2 Å². The van der Waals surface area contributed by atoms with E-state index in [-0.39, 0.29) is 0 Å². The minimum atomic E-state index is -5.69. The molecule has 0 bridgehead atoms. The first-order valence-electron chi connectivity index (χ1n) is 4.90. The highest BCUT2D eigenvalue weighted by atomic mass is 19.4. The van der Waals surface area contributed by atoms with Crippen LogP contribution in [0.1, 0.15) is 26.7 Å². The number of carbonyl (C=O) groups is 1. The van der Waals surface area contributed by atoms with Crippen LogP contribution < -0.4 is 5.73 Å². The van der Waals surface area contributed by atoms with Gasteiger partial charge in [-0.25, -0.2) is 4.79 Å². The van der Waals surface area contributed by atoms with Gasteiger partial charge in [0.15, 0.2) is 0 Å². The molecule has 18 heavy (non-hydrogen) atoms. The number of rotatable bonds is 5. The zero-order valence-corrected chi connectivity index (χ0v) is 9.72. The first-order chi connectivity index (χ1) is 7.77. The molecule has 1 unspecified atom stereocenters. The molecule has 0 radical (unpaired) electrons. The lowest BCUT2D eigenvalue weighted by Crippen LogP contribution is -2.44. The summed E-state index contributed by atoms with van der Waals surface area (Å²) in [7, 11) is 0. The summed E-state index contributed by atoms with van der Waals surface area (Å²) in [6.45, 7) is 2.21. The smallest absolute Gasteiger partial charge is 0.443 e. The number of alkyl halides is 5. The van der Waals surface area contributed by atoms with Crippen molar-refractivity contribution in [3.05, 3.63) is 0 Å². The highest BCUT2D eigenvalue weighted by Gasteiger charge is 2.57. The fraction of sp³-hybridized carbons (Fsp3) is 0.889. The first-order valence-corrected chi connectivity index (χ1v) is 4.90. The zero-order valence-electron chi connectivity index (χ0n) is 9.72. The highest BCUT2D eigenvalue weighted by Crippen LogP contribution is 2.39. The summed E-state index contributed by atoms with van der Waals surface area (Å²) in [4.78, 5) is 10.5. The lowest BCUT2D eigenvalue weighted by Gasteiger charge is -2.30. The van der Waals surface area contributed by atoms with E-state index in [9.17, 15) is 31.9 Å². The summed E-state index contributed by atoms with van der Waals surface area (Å²) in [6.07, 6.45) is -11.1. The molecule has 108 valence electrons. The molecule has 4 nitrogen and oxygen atoms in total. The number of primary amides is 1. The van der Waals surface area contributed by atoms with Gasteiger partial charge < -0.3 is 15.6 Å². The largest absolute Gasteiger partial charge is 0.453 e. The molecule has 0 aliphatic rings. The molecule has 3 N–H and O–H groups in total. The fourth-order valence-electron chi connectivity index (χ4n) is 1.15. The number of nitrogens with two attached hydrogens (primary N) is 1. The van der Waals surface area contributed by atoms with Crippen LogP contribution in [0.4, 0.5) is 26.7 Å². The summed E-state index contributed by atoms with van der Waals surface area (Å²) >= 11 is 0. The molecule has 0 aliphatic heterocycles. The summed E-state index contributed by atoms with van der Waals surface area (Å²) in [5.41, 5.74) is 2.85. The van der Waals surface area contributed by atoms with Gasteiger partial charge in [0.1, 0.15) is 6.10 Å². The average Bonchev–Trinajstić information content (AvgIpc) is 2.07. The van der Waals surface area contributed by atoms with Gasteiger partial charge in [0.05, 0.1) is 5.60 Å². The molecule has 0 saturated heterocycles.